The van der Waals surface area contributed by atoms with E-state index in [0.29, 0.717) is 0 Å². The van der Waals surface area contributed by atoms with Crippen molar-refractivity contribution in [1.29, 1.82) is 0 Å². The summed E-state index contributed by atoms with van der Waals surface area (Å²) in [6.45, 7) is 0. The molecule has 0 spiro atoms. The maximum Gasteiger partial charge on any atom is 0.0993 e. The molecule has 2 aromatic rings. The lowest BCUT2D eigenvalue weighted by Crippen LogP contribution is -1.86. The molecule has 0 aliphatic rings. The van der Waals surface area contributed by atoms with Crippen molar-refractivity contribution >= 4 is 28.1 Å². The first-order valence-electron chi connectivity index (χ1n) is 4.53. The summed E-state index contributed by atoms with van der Waals surface area (Å²) in [5, 5.41) is 4.29. The van der Waals surface area contributed by atoms with Crippen LogP contribution in [0.2, 0.25) is 0 Å². The highest BCUT2D eigenvalue weighted by molar-refractivity contribution is 9.10. The Kier molecular flexibility index (Phi) is 2.97. The van der Waals surface area contributed by atoms with E-state index in [1.807, 2.05) is 43.7 Å². The zero-order valence-corrected chi connectivity index (χ0v) is 9.85. The van der Waals surface area contributed by atoms with Gasteiger partial charge in [0.05, 0.1) is 10.2 Å². The fraction of sp³-hybridized carbons (Fsp3) is 0.0909. The Bertz CT molecular complexity index is 474. The molecular weight excluding hydrogens is 254 g/mol. The normalized spacial score (nSPS) is 11.1. The van der Waals surface area contributed by atoms with Gasteiger partial charge in [0.1, 0.15) is 0 Å². The lowest BCUT2D eigenvalue weighted by Gasteiger charge is -1.90. The van der Waals surface area contributed by atoms with Gasteiger partial charge in [0.15, 0.2) is 0 Å². The van der Waals surface area contributed by atoms with E-state index in [9.17, 15) is 0 Å². The van der Waals surface area contributed by atoms with Crippen LogP contribution in [0.3, 0.4) is 0 Å². The van der Waals surface area contributed by atoms with Crippen molar-refractivity contribution < 1.29 is 0 Å². The summed E-state index contributed by atoms with van der Waals surface area (Å²) in [6.07, 6.45) is 9.44. The molecular formula is C11H10BrN3. The summed E-state index contributed by atoms with van der Waals surface area (Å²) in [6, 6.07) is 3.91. The number of pyridine rings is 1. The molecule has 0 radical (unpaired) electrons. The molecule has 0 saturated heterocycles. The van der Waals surface area contributed by atoms with Crippen LogP contribution in [0.4, 0.5) is 0 Å². The number of hydrogen-bond acceptors (Lipinski definition) is 2. The highest BCUT2D eigenvalue weighted by Gasteiger charge is 1.99. The smallest absolute Gasteiger partial charge is 0.0993 e. The molecule has 15 heavy (non-hydrogen) atoms. The Morgan fingerprint density at radius 2 is 2.27 bits per heavy atom. The minimum Gasteiger partial charge on any atom is -0.274 e. The van der Waals surface area contributed by atoms with Crippen LogP contribution in [0.5, 0.6) is 0 Å². The molecule has 0 aliphatic heterocycles. The summed E-state index contributed by atoms with van der Waals surface area (Å²) >= 11 is 3.44. The van der Waals surface area contributed by atoms with Crippen LogP contribution in [0.1, 0.15) is 11.3 Å². The van der Waals surface area contributed by atoms with E-state index >= 15 is 0 Å². The summed E-state index contributed by atoms with van der Waals surface area (Å²) in [5.74, 6) is 0. The van der Waals surface area contributed by atoms with Gasteiger partial charge in [-0.25, -0.2) is 0 Å². The van der Waals surface area contributed by atoms with E-state index in [-0.39, 0.29) is 0 Å². The average molecular weight is 264 g/mol. The van der Waals surface area contributed by atoms with E-state index in [2.05, 4.69) is 26.0 Å². The third kappa shape index (κ3) is 2.53. The topological polar surface area (TPSA) is 30.7 Å². The van der Waals surface area contributed by atoms with Gasteiger partial charge in [-0.3, -0.25) is 9.67 Å². The first kappa shape index (κ1) is 10.1. The molecule has 3 nitrogen and oxygen atoms in total. The molecule has 0 atom stereocenters. The minimum absolute atomic E-state index is 0.918. The van der Waals surface area contributed by atoms with E-state index in [1.165, 1.54) is 0 Å². The van der Waals surface area contributed by atoms with Gasteiger partial charge in [0.2, 0.25) is 0 Å². The quantitative estimate of drug-likeness (QED) is 0.835. The number of halogens is 1. The first-order chi connectivity index (χ1) is 7.25. The SMILES string of the molecule is Cn1cc(Br)c(/C=C/c2cccnc2)n1. The van der Waals surface area contributed by atoms with Gasteiger partial charge in [-0.05, 0) is 33.6 Å². The molecule has 4 heteroatoms. The number of aromatic nitrogens is 3. The highest BCUT2D eigenvalue weighted by Crippen LogP contribution is 2.16. The van der Waals surface area contributed by atoms with Gasteiger partial charge in [0.25, 0.3) is 0 Å². The molecule has 0 aromatic carbocycles. The first-order valence-corrected chi connectivity index (χ1v) is 5.32. The van der Waals surface area contributed by atoms with E-state index < -0.39 is 0 Å². The molecule has 0 bridgehead atoms. The van der Waals surface area contributed by atoms with Gasteiger partial charge in [-0.15, -0.1) is 0 Å². The molecule has 0 amide bonds. The summed E-state index contributed by atoms with van der Waals surface area (Å²) in [4.78, 5) is 4.04. The molecule has 76 valence electrons. The maximum atomic E-state index is 4.29. The van der Waals surface area contributed by atoms with Crippen molar-refractivity contribution in [3.63, 3.8) is 0 Å². The number of aryl methyl sites for hydroxylation is 1. The maximum absolute atomic E-state index is 4.29. The summed E-state index contributed by atoms with van der Waals surface area (Å²) in [5.41, 5.74) is 1.98. The molecule has 0 aliphatic carbocycles. The van der Waals surface area contributed by atoms with Crippen LogP contribution in [0.15, 0.2) is 35.2 Å². The zero-order chi connectivity index (χ0) is 10.7. The Balaban J connectivity index is 2.22. The van der Waals surface area contributed by atoms with Gasteiger partial charge < -0.3 is 0 Å². The molecule has 0 saturated carbocycles. The lowest BCUT2D eigenvalue weighted by atomic mass is 10.2. The van der Waals surface area contributed by atoms with Gasteiger partial charge in [-0.1, -0.05) is 12.1 Å². The minimum atomic E-state index is 0.918. The van der Waals surface area contributed by atoms with Gasteiger partial charge in [-0.2, -0.15) is 5.10 Å². The van der Waals surface area contributed by atoms with Crippen molar-refractivity contribution in [2.75, 3.05) is 0 Å². The standard InChI is InChI=1S/C11H10BrN3/c1-15-8-10(12)11(14-15)5-4-9-3-2-6-13-7-9/h2-8H,1H3/b5-4+. The monoisotopic (exact) mass is 263 g/mol. The highest BCUT2D eigenvalue weighted by atomic mass is 79.9. The fourth-order valence-corrected chi connectivity index (χ4v) is 1.75. The Morgan fingerprint density at radius 3 is 2.87 bits per heavy atom. The van der Waals surface area contributed by atoms with Gasteiger partial charge in [0, 0.05) is 25.6 Å². The largest absolute Gasteiger partial charge is 0.274 e. The van der Waals surface area contributed by atoms with Gasteiger partial charge >= 0.3 is 0 Å². The van der Waals surface area contributed by atoms with Crippen LogP contribution in [0.25, 0.3) is 12.2 Å². The number of nitrogens with zero attached hydrogens (tertiary/aromatic N) is 3. The van der Waals surface area contributed by atoms with Crippen molar-refractivity contribution in [1.82, 2.24) is 14.8 Å². The molecule has 0 N–H and O–H groups in total. The molecule has 2 heterocycles. The summed E-state index contributed by atoms with van der Waals surface area (Å²) in [7, 11) is 1.90. The van der Waals surface area contributed by atoms with E-state index in [0.717, 1.165) is 15.7 Å². The van der Waals surface area contributed by atoms with Crippen LogP contribution in [-0.4, -0.2) is 14.8 Å². The van der Waals surface area contributed by atoms with Crippen molar-refractivity contribution in [3.05, 3.63) is 46.5 Å². The third-order valence-corrected chi connectivity index (χ3v) is 2.54. The second-order valence-corrected chi connectivity index (χ2v) is 4.01. The fourth-order valence-electron chi connectivity index (χ4n) is 1.24. The van der Waals surface area contributed by atoms with Crippen molar-refractivity contribution in [2.24, 2.45) is 7.05 Å². The Labute approximate surface area is 96.6 Å². The van der Waals surface area contributed by atoms with Crippen molar-refractivity contribution in [2.45, 2.75) is 0 Å². The van der Waals surface area contributed by atoms with E-state index in [4.69, 9.17) is 0 Å². The average Bonchev–Trinajstić information content (AvgIpc) is 2.56. The molecule has 0 fully saturated rings. The third-order valence-electron chi connectivity index (χ3n) is 1.93. The Morgan fingerprint density at radius 1 is 1.40 bits per heavy atom. The predicted octanol–water partition coefficient (Wildman–Crippen LogP) is 2.75. The van der Waals surface area contributed by atoms with Crippen LogP contribution >= 0.6 is 15.9 Å². The lowest BCUT2D eigenvalue weighted by molar-refractivity contribution is 0.764. The van der Waals surface area contributed by atoms with Crippen LogP contribution in [-0.2, 0) is 7.05 Å². The Hall–Kier alpha value is -1.42. The van der Waals surface area contributed by atoms with Crippen LogP contribution < -0.4 is 0 Å². The molecule has 0 unspecified atom stereocenters. The number of rotatable bonds is 2. The number of hydrogen-bond donors (Lipinski definition) is 0. The predicted molar refractivity (Wildman–Crippen MR) is 64.1 cm³/mol. The zero-order valence-electron chi connectivity index (χ0n) is 8.26. The summed E-state index contributed by atoms with van der Waals surface area (Å²) < 4.78 is 2.76. The second-order valence-electron chi connectivity index (χ2n) is 3.16. The molecule has 2 rings (SSSR count). The van der Waals surface area contributed by atoms with Crippen molar-refractivity contribution in [3.8, 4) is 0 Å². The molecule has 2 aromatic heterocycles. The van der Waals surface area contributed by atoms with Crippen LogP contribution in [0, 0.1) is 0 Å². The van der Waals surface area contributed by atoms with E-state index in [1.54, 1.807) is 10.9 Å². The second kappa shape index (κ2) is 4.40.